The van der Waals surface area contributed by atoms with Crippen molar-refractivity contribution in [3.05, 3.63) is 0 Å². The molecule has 2 fully saturated rings. The van der Waals surface area contributed by atoms with Gasteiger partial charge in [-0.3, -0.25) is 0 Å². The Morgan fingerprint density at radius 2 is 2.00 bits per heavy atom. The van der Waals surface area contributed by atoms with Gasteiger partial charge in [0.1, 0.15) is 0 Å². The highest BCUT2D eigenvalue weighted by atomic mass is 16.5. The first-order valence-corrected chi connectivity index (χ1v) is 3.76. The molecule has 0 radical (unpaired) electrons. The molecule has 2 rings (SSSR count). The van der Waals surface area contributed by atoms with Gasteiger partial charge in [-0.15, -0.1) is 0 Å². The van der Waals surface area contributed by atoms with Crippen LogP contribution in [0.5, 0.6) is 0 Å². The Morgan fingerprint density at radius 1 is 1.11 bits per heavy atom. The minimum Gasteiger partial charge on any atom is -0.374 e. The molecule has 2 aliphatic rings. The van der Waals surface area contributed by atoms with E-state index in [1.807, 2.05) is 0 Å². The lowest BCUT2D eigenvalue weighted by atomic mass is 10.2. The Morgan fingerprint density at radius 3 is 2.78 bits per heavy atom. The molecule has 1 heterocycles. The SMILES string of the molecule is C1COC2(CCN1)CC2. The lowest BCUT2D eigenvalue weighted by Crippen LogP contribution is -2.16. The predicted molar refractivity (Wildman–Crippen MR) is 35.4 cm³/mol. The van der Waals surface area contributed by atoms with E-state index in [1.165, 1.54) is 19.3 Å². The van der Waals surface area contributed by atoms with E-state index >= 15 is 0 Å². The van der Waals surface area contributed by atoms with Gasteiger partial charge in [-0.05, 0) is 25.8 Å². The van der Waals surface area contributed by atoms with Gasteiger partial charge in [0.25, 0.3) is 0 Å². The third-order valence-electron chi connectivity index (χ3n) is 2.25. The first-order valence-electron chi connectivity index (χ1n) is 3.76. The molecule has 1 aliphatic heterocycles. The van der Waals surface area contributed by atoms with E-state index < -0.39 is 0 Å². The Kier molecular flexibility index (Phi) is 1.24. The van der Waals surface area contributed by atoms with Gasteiger partial charge in [-0.1, -0.05) is 0 Å². The molecule has 1 aliphatic carbocycles. The highest BCUT2D eigenvalue weighted by Gasteiger charge is 2.43. The number of hydrogen-bond acceptors (Lipinski definition) is 2. The van der Waals surface area contributed by atoms with Crippen LogP contribution < -0.4 is 5.32 Å². The van der Waals surface area contributed by atoms with E-state index in [2.05, 4.69) is 5.32 Å². The molecule has 52 valence electrons. The molecular formula is C7H13NO. The Balaban J connectivity index is 1.92. The molecule has 0 unspecified atom stereocenters. The maximum Gasteiger partial charge on any atom is 0.0697 e. The van der Waals surface area contributed by atoms with Crippen LogP contribution in [0.4, 0.5) is 0 Å². The van der Waals surface area contributed by atoms with Crippen LogP contribution in [0.2, 0.25) is 0 Å². The fourth-order valence-corrected chi connectivity index (χ4v) is 1.39. The zero-order valence-corrected chi connectivity index (χ0v) is 5.65. The number of ether oxygens (including phenoxy) is 1. The molecule has 1 saturated heterocycles. The van der Waals surface area contributed by atoms with Crippen LogP contribution in [0.25, 0.3) is 0 Å². The monoisotopic (exact) mass is 127 g/mol. The molecular weight excluding hydrogens is 114 g/mol. The maximum absolute atomic E-state index is 5.64. The van der Waals surface area contributed by atoms with Crippen molar-refractivity contribution in [2.24, 2.45) is 0 Å². The summed E-state index contributed by atoms with van der Waals surface area (Å²) in [6.45, 7) is 3.11. The van der Waals surface area contributed by atoms with E-state index in [0.717, 1.165) is 19.7 Å². The summed E-state index contributed by atoms with van der Waals surface area (Å²) in [6.07, 6.45) is 3.83. The zero-order valence-electron chi connectivity index (χ0n) is 5.65. The van der Waals surface area contributed by atoms with Crippen LogP contribution in [-0.4, -0.2) is 25.3 Å². The van der Waals surface area contributed by atoms with Crippen LogP contribution in [0, 0.1) is 0 Å². The van der Waals surface area contributed by atoms with Gasteiger partial charge in [0, 0.05) is 6.54 Å². The summed E-state index contributed by atoms with van der Waals surface area (Å²) in [5.41, 5.74) is 0.351. The molecule has 0 aromatic heterocycles. The lowest BCUT2D eigenvalue weighted by molar-refractivity contribution is 0.0440. The van der Waals surface area contributed by atoms with Crippen molar-refractivity contribution in [2.75, 3.05) is 19.7 Å². The van der Waals surface area contributed by atoms with Gasteiger partial charge in [-0.25, -0.2) is 0 Å². The smallest absolute Gasteiger partial charge is 0.0697 e. The van der Waals surface area contributed by atoms with Crippen molar-refractivity contribution in [1.82, 2.24) is 5.32 Å². The molecule has 9 heavy (non-hydrogen) atoms. The fourth-order valence-electron chi connectivity index (χ4n) is 1.39. The topological polar surface area (TPSA) is 21.3 Å². The van der Waals surface area contributed by atoms with Gasteiger partial charge in [-0.2, -0.15) is 0 Å². The van der Waals surface area contributed by atoms with Crippen LogP contribution in [0.1, 0.15) is 19.3 Å². The Labute approximate surface area is 55.6 Å². The summed E-state index contributed by atoms with van der Waals surface area (Å²) in [5, 5.41) is 3.32. The average Bonchev–Trinajstić information content (AvgIpc) is 2.64. The molecule has 2 heteroatoms. The third-order valence-corrected chi connectivity index (χ3v) is 2.25. The Hall–Kier alpha value is -0.0800. The van der Waals surface area contributed by atoms with Crippen LogP contribution in [0.15, 0.2) is 0 Å². The normalized spacial score (nSPS) is 32.0. The van der Waals surface area contributed by atoms with Gasteiger partial charge in [0.15, 0.2) is 0 Å². The summed E-state index contributed by atoms with van der Waals surface area (Å²) < 4.78 is 5.64. The van der Waals surface area contributed by atoms with Gasteiger partial charge in [0.2, 0.25) is 0 Å². The molecule has 0 atom stereocenters. The van der Waals surface area contributed by atoms with Gasteiger partial charge >= 0.3 is 0 Å². The second-order valence-corrected chi connectivity index (χ2v) is 3.03. The largest absolute Gasteiger partial charge is 0.374 e. The van der Waals surface area contributed by atoms with E-state index in [1.54, 1.807) is 0 Å². The molecule has 2 nitrogen and oxygen atoms in total. The first kappa shape index (κ1) is 5.69. The summed E-state index contributed by atoms with van der Waals surface area (Å²) in [6, 6.07) is 0. The third kappa shape index (κ3) is 1.10. The molecule has 1 saturated carbocycles. The van der Waals surface area contributed by atoms with Crippen LogP contribution in [0.3, 0.4) is 0 Å². The first-order chi connectivity index (χ1) is 4.41. The van der Waals surface area contributed by atoms with Crippen molar-refractivity contribution in [1.29, 1.82) is 0 Å². The van der Waals surface area contributed by atoms with Crippen LogP contribution in [-0.2, 0) is 4.74 Å². The molecule has 0 aromatic carbocycles. The summed E-state index contributed by atoms with van der Waals surface area (Å²) in [5.74, 6) is 0. The highest BCUT2D eigenvalue weighted by molar-refractivity contribution is 4.96. The van der Waals surface area contributed by atoms with Crippen molar-refractivity contribution in [2.45, 2.75) is 24.9 Å². The highest BCUT2D eigenvalue weighted by Crippen LogP contribution is 2.42. The summed E-state index contributed by atoms with van der Waals surface area (Å²) in [4.78, 5) is 0. The average molecular weight is 127 g/mol. The zero-order chi connectivity index (χ0) is 6.16. The molecule has 0 bridgehead atoms. The number of nitrogens with one attached hydrogen (secondary N) is 1. The van der Waals surface area contributed by atoms with E-state index in [0.29, 0.717) is 5.60 Å². The second kappa shape index (κ2) is 1.96. The maximum atomic E-state index is 5.64. The van der Waals surface area contributed by atoms with Gasteiger partial charge in [0.05, 0.1) is 12.2 Å². The molecule has 0 aromatic rings. The number of rotatable bonds is 0. The van der Waals surface area contributed by atoms with E-state index in [-0.39, 0.29) is 0 Å². The van der Waals surface area contributed by atoms with Gasteiger partial charge < -0.3 is 10.1 Å². The van der Waals surface area contributed by atoms with Crippen molar-refractivity contribution in [3.8, 4) is 0 Å². The van der Waals surface area contributed by atoms with Crippen molar-refractivity contribution < 1.29 is 4.74 Å². The van der Waals surface area contributed by atoms with Crippen molar-refractivity contribution in [3.63, 3.8) is 0 Å². The standard InChI is InChI=1S/C7H13NO/c1-2-7(1)3-4-8-5-6-9-7/h8H,1-6H2. The quantitative estimate of drug-likeness (QED) is 0.512. The molecule has 0 amide bonds. The molecule has 1 N–H and O–H groups in total. The van der Waals surface area contributed by atoms with E-state index in [4.69, 9.17) is 4.74 Å². The minimum absolute atomic E-state index is 0.351. The fraction of sp³-hybridized carbons (Fsp3) is 1.00. The second-order valence-electron chi connectivity index (χ2n) is 3.03. The van der Waals surface area contributed by atoms with E-state index in [9.17, 15) is 0 Å². The molecule has 1 spiro atoms. The predicted octanol–water partition coefficient (Wildman–Crippen LogP) is 0.529. The summed E-state index contributed by atoms with van der Waals surface area (Å²) in [7, 11) is 0. The lowest BCUT2D eigenvalue weighted by Gasteiger charge is -2.09. The van der Waals surface area contributed by atoms with Crippen LogP contribution >= 0.6 is 0 Å². The Bertz CT molecular complexity index is 99.5. The van der Waals surface area contributed by atoms with Crippen molar-refractivity contribution >= 4 is 0 Å². The summed E-state index contributed by atoms with van der Waals surface area (Å²) >= 11 is 0. The number of hydrogen-bond donors (Lipinski definition) is 1. The minimum atomic E-state index is 0.351.